The maximum absolute atomic E-state index is 10.4. The van der Waals surface area contributed by atoms with Gasteiger partial charge in [-0.05, 0) is 13.0 Å². The Morgan fingerprint density at radius 2 is 2.25 bits per heavy atom. The van der Waals surface area contributed by atoms with Crippen LogP contribution in [0.15, 0.2) is 12.3 Å². The summed E-state index contributed by atoms with van der Waals surface area (Å²) in [5, 5.41) is 8.51. The Hall–Kier alpha value is -2.05. The minimum atomic E-state index is -0.530. The normalized spacial score (nSPS) is 9.56. The number of aromatic nitrogens is 2. The Kier molecular flexibility index (Phi) is 4.84. The average Bonchev–Trinajstić information content (AvgIpc) is 2.25. The summed E-state index contributed by atoms with van der Waals surface area (Å²) < 4.78 is 0. The molecule has 0 saturated heterocycles. The van der Waals surface area contributed by atoms with Crippen LogP contribution < -0.4 is 21.7 Å². The third kappa shape index (κ3) is 4.45. The zero-order valence-electron chi connectivity index (χ0n) is 9.16. The van der Waals surface area contributed by atoms with Crippen LogP contribution in [0.5, 0.6) is 0 Å². The molecule has 0 aromatic carbocycles. The highest BCUT2D eigenvalue weighted by Crippen LogP contribution is 2.04. The van der Waals surface area contributed by atoms with Gasteiger partial charge in [0.2, 0.25) is 5.95 Å². The molecule has 5 N–H and O–H groups in total. The zero-order valence-corrected chi connectivity index (χ0v) is 9.16. The van der Waals surface area contributed by atoms with E-state index in [4.69, 9.17) is 5.73 Å². The van der Waals surface area contributed by atoms with Gasteiger partial charge in [0.1, 0.15) is 5.82 Å². The molecule has 1 rings (SSSR count). The molecule has 0 saturated carbocycles. The van der Waals surface area contributed by atoms with Crippen LogP contribution in [-0.4, -0.2) is 35.6 Å². The molecule has 0 fully saturated rings. The molecule has 7 nitrogen and oxygen atoms in total. The third-order valence-corrected chi connectivity index (χ3v) is 1.72. The zero-order chi connectivity index (χ0) is 11.8. The van der Waals surface area contributed by atoms with E-state index in [-0.39, 0.29) is 0 Å². The molecule has 0 radical (unpaired) electrons. The average molecular weight is 224 g/mol. The fourth-order valence-electron chi connectivity index (χ4n) is 1.08. The van der Waals surface area contributed by atoms with Gasteiger partial charge < -0.3 is 21.7 Å². The fraction of sp³-hybridized carbons (Fsp3) is 0.444. The van der Waals surface area contributed by atoms with Gasteiger partial charge in [0.05, 0.1) is 0 Å². The summed E-state index contributed by atoms with van der Waals surface area (Å²) in [6, 6.07) is 1.23. The van der Waals surface area contributed by atoms with E-state index in [2.05, 4.69) is 25.9 Å². The predicted octanol–water partition coefficient (Wildman–Crippen LogP) is -0.0114. The van der Waals surface area contributed by atoms with Gasteiger partial charge in [-0.15, -0.1) is 0 Å². The lowest BCUT2D eigenvalue weighted by Crippen LogP contribution is -2.33. The lowest BCUT2D eigenvalue weighted by atomic mass is 10.5. The second-order valence-electron chi connectivity index (χ2n) is 3.01. The molecule has 1 aromatic heterocycles. The lowest BCUT2D eigenvalue weighted by Gasteiger charge is -2.07. The highest BCUT2D eigenvalue weighted by Gasteiger charge is 1.97. The van der Waals surface area contributed by atoms with Gasteiger partial charge in [0.25, 0.3) is 0 Å². The van der Waals surface area contributed by atoms with Crippen molar-refractivity contribution in [2.45, 2.75) is 6.92 Å². The Morgan fingerprint density at radius 3 is 2.94 bits per heavy atom. The maximum Gasteiger partial charge on any atom is 0.312 e. The van der Waals surface area contributed by atoms with Gasteiger partial charge in [-0.2, -0.15) is 4.98 Å². The number of amides is 2. The molecule has 1 heterocycles. The van der Waals surface area contributed by atoms with E-state index in [1.165, 1.54) is 0 Å². The number of carbonyl (C=O) groups is 1. The standard InChI is InChI=1S/C9H16N6O/c1-2-11-9-14-4-3-7(15-9)12-5-6-13-8(10)16/h3-4H,2,5-6H2,1H3,(H3,10,13,16)(H2,11,12,14,15). The second kappa shape index (κ2) is 6.44. The van der Waals surface area contributed by atoms with Crippen LogP contribution in [0.3, 0.4) is 0 Å². The van der Waals surface area contributed by atoms with Crippen LogP contribution >= 0.6 is 0 Å². The summed E-state index contributed by atoms with van der Waals surface area (Å²) in [7, 11) is 0. The molecular weight excluding hydrogens is 208 g/mol. The van der Waals surface area contributed by atoms with Crippen molar-refractivity contribution < 1.29 is 4.79 Å². The van der Waals surface area contributed by atoms with Crippen LogP contribution in [0, 0.1) is 0 Å². The Labute approximate surface area is 93.8 Å². The molecular formula is C9H16N6O. The first-order valence-corrected chi connectivity index (χ1v) is 5.06. The molecule has 0 aliphatic heterocycles. The quantitative estimate of drug-likeness (QED) is 0.509. The van der Waals surface area contributed by atoms with Crippen molar-refractivity contribution in [3.63, 3.8) is 0 Å². The van der Waals surface area contributed by atoms with Gasteiger partial charge in [-0.3, -0.25) is 0 Å². The van der Waals surface area contributed by atoms with Gasteiger partial charge in [0.15, 0.2) is 0 Å². The van der Waals surface area contributed by atoms with Crippen LogP contribution in [-0.2, 0) is 0 Å². The summed E-state index contributed by atoms with van der Waals surface area (Å²) in [4.78, 5) is 18.6. The smallest absolute Gasteiger partial charge is 0.312 e. The molecule has 1 aromatic rings. The number of nitrogens with two attached hydrogens (primary N) is 1. The highest BCUT2D eigenvalue weighted by molar-refractivity contribution is 5.71. The summed E-state index contributed by atoms with van der Waals surface area (Å²) in [6.07, 6.45) is 1.66. The first-order valence-electron chi connectivity index (χ1n) is 5.06. The number of rotatable bonds is 6. The van der Waals surface area contributed by atoms with Crippen molar-refractivity contribution in [1.29, 1.82) is 0 Å². The maximum atomic E-state index is 10.4. The van der Waals surface area contributed by atoms with Gasteiger partial charge in [-0.25, -0.2) is 9.78 Å². The van der Waals surface area contributed by atoms with Crippen LogP contribution in [0.4, 0.5) is 16.6 Å². The van der Waals surface area contributed by atoms with E-state index in [0.29, 0.717) is 24.9 Å². The number of hydrogen-bond donors (Lipinski definition) is 4. The van der Waals surface area contributed by atoms with E-state index >= 15 is 0 Å². The number of hydrogen-bond acceptors (Lipinski definition) is 5. The number of urea groups is 1. The highest BCUT2D eigenvalue weighted by atomic mass is 16.2. The topological polar surface area (TPSA) is 105 Å². The van der Waals surface area contributed by atoms with E-state index < -0.39 is 6.03 Å². The predicted molar refractivity (Wildman–Crippen MR) is 62.3 cm³/mol. The molecule has 0 bridgehead atoms. The van der Waals surface area contributed by atoms with Crippen LogP contribution in [0.2, 0.25) is 0 Å². The molecule has 0 spiro atoms. The lowest BCUT2D eigenvalue weighted by molar-refractivity contribution is 0.249. The molecule has 0 aliphatic rings. The number of nitrogens with zero attached hydrogens (tertiary/aromatic N) is 2. The molecule has 7 heteroatoms. The van der Waals surface area contributed by atoms with Gasteiger partial charge in [0, 0.05) is 25.8 Å². The van der Waals surface area contributed by atoms with Gasteiger partial charge in [-0.1, -0.05) is 0 Å². The van der Waals surface area contributed by atoms with Crippen molar-refractivity contribution in [2.24, 2.45) is 5.73 Å². The van der Waals surface area contributed by atoms with E-state index in [1.807, 2.05) is 6.92 Å². The summed E-state index contributed by atoms with van der Waals surface area (Å²) in [5.74, 6) is 1.28. The number of primary amides is 1. The SMILES string of the molecule is CCNc1nccc(NCCNC(N)=O)n1. The fourth-order valence-corrected chi connectivity index (χ4v) is 1.08. The van der Waals surface area contributed by atoms with Crippen molar-refractivity contribution in [3.05, 3.63) is 12.3 Å². The summed E-state index contributed by atoms with van der Waals surface area (Å²) >= 11 is 0. The largest absolute Gasteiger partial charge is 0.368 e. The number of carbonyl (C=O) groups excluding carboxylic acids is 1. The van der Waals surface area contributed by atoms with Crippen LogP contribution in [0.25, 0.3) is 0 Å². The molecule has 0 unspecified atom stereocenters. The van der Waals surface area contributed by atoms with Crippen molar-refractivity contribution in [1.82, 2.24) is 15.3 Å². The molecule has 16 heavy (non-hydrogen) atoms. The third-order valence-electron chi connectivity index (χ3n) is 1.72. The van der Waals surface area contributed by atoms with E-state index in [1.54, 1.807) is 12.3 Å². The second-order valence-corrected chi connectivity index (χ2v) is 3.01. The molecule has 88 valence electrons. The van der Waals surface area contributed by atoms with E-state index in [9.17, 15) is 4.79 Å². The number of anilines is 2. The monoisotopic (exact) mass is 224 g/mol. The summed E-state index contributed by atoms with van der Waals surface area (Å²) in [5.41, 5.74) is 4.92. The Morgan fingerprint density at radius 1 is 1.44 bits per heavy atom. The summed E-state index contributed by atoms with van der Waals surface area (Å²) in [6.45, 7) is 3.76. The van der Waals surface area contributed by atoms with E-state index in [0.717, 1.165) is 6.54 Å². The Balaban J connectivity index is 2.35. The van der Waals surface area contributed by atoms with Crippen molar-refractivity contribution >= 4 is 17.8 Å². The van der Waals surface area contributed by atoms with Crippen molar-refractivity contribution in [2.75, 3.05) is 30.3 Å². The Bertz CT molecular complexity index is 343. The first-order chi connectivity index (χ1) is 7.72. The minimum Gasteiger partial charge on any atom is -0.368 e. The molecule has 2 amide bonds. The number of nitrogens with one attached hydrogen (secondary N) is 3. The first kappa shape index (κ1) is 12.0. The molecule has 0 atom stereocenters. The minimum absolute atomic E-state index is 0.454. The van der Waals surface area contributed by atoms with Crippen molar-refractivity contribution in [3.8, 4) is 0 Å². The van der Waals surface area contributed by atoms with Crippen LogP contribution in [0.1, 0.15) is 6.92 Å². The molecule has 0 aliphatic carbocycles. The van der Waals surface area contributed by atoms with Gasteiger partial charge >= 0.3 is 6.03 Å².